The molecular weight excluding hydrogens is 530 g/mol. The molecule has 6 rings (SSSR count). The molecule has 1 aliphatic heterocycles. The maximum Gasteiger partial charge on any atom is 0.252 e. The molecule has 11 nitrogen and oxygen atoms in total. The summed E-state index contributed by atoms with van der Waals surface area (Å²) < 4.78 is 3.36. The number of aryl methyl sites for hydroxylation is 1. The summed E-state index contributed by atoms with van der Waals surface area (Å²) in [5, 5.41) is 25.1. The molecule has 0 unspecified atom stereocenters. The van der Waals surface area contributed by atoms with Crippen molar-refractivity contribution in [3.63, 3.8) is 0 Å². The van der Waals surface area contributed by atoms with E-state index in [0.29, 0.717) is 18.0 Å². The Morgan fingerprint density at radius 3 is 2.75 bits per heavy atom. The van der Waals surface area contributed by atoms with Crippen LogP contribution in [0.4, 0.5) is 5.82 Å². The van der Waals surface area contributed by atoms with Crippen LogP contribution in [0.5, 0.6) is 0 Å². The molecule has 3 N–H and O–H groups in total. The van der Waals surface area contributed by atoms with Crippen molar-refractivity contribution in [1.29, 1.82) is 0 Å². The first-order valence-corrected chi connectivity index (χ1v) is 13.4. The molecule has 0 bridgehead atoms. The Bertz CT molecular complexity index is 1700. The lowest BCUT2D eigenvalue weighted by molar-refractivity contribution is 0.0748. The number of tetrazole rings is 1. The van der Waals surface area contributed by atoms with Crippen LogP contribution < -0.4 is 10.9 Å². The topological polar surface area (TPSA) is 139 Å². The third-order valence-corrected chi connectivity index (χ3v) is 7.26. The summed E-state index contributed by atoms with van der Waals surface area (Å²) in [6.45, 7) is 4.19. The molecule has 5 aromatic rings. The van der Waals surface area contributed by atoms with Gasteiger partial charge in [0.25, 0.3) is 5.56 Å². The van der Waals surface area contributed by atoms with Crippen LogP contribution in [0, 0.1) is 0 Å². The number of fused-ring (bicyclic) bond motifs is 1. The number of aliphatic hydroxyl groups is 1. The standard InChI is InChI=1S/C28H28ClN9O2/c1-28(2,40)9-10-30-25-8-3-17(14-31-25)22-15-32-27(34-22)24-7-5-20-11-18(12-26(39)38(20)24)21-13-19(29)4-6-23(21)37-16-33-35-36-37/h3-4,6,8,11-16,24,40H,5,7,9-10H2,1-2H3,(H,30,31)(H,32,34)/t24-/m0/s1. The molecule has 4 aromatic heterocycles. The summed E-state index contributed by atoms with van der Waals surface area (Å²) in [7, 11) is 0. The summed E-state index contributed by atoms with van der Waals surface area (Å²) in [6, 6.07) is 12.7. The molecule has 5 heterocycles. The minimum Gasteiger partial charge on any atom is -0.390 e. The molecule has 0 fully saturated rings. The molecule has 0 aliphatic carbocycles. The van der Waals surface area contributed by atoms with E-state index in [-0.39, 0.29) is 11.6 Å². The molecule has 12 heteroatoms. The molecule has 0 saturated carbocycles. The van der Waals surface area contributed by atoms with Gasteiger partial charge >= 0.3 is 0 Å². The largest absolute Gasteiger partial charge is 0.390 e. The summed E-state index contributed by atoms with van der Waals surface area (Å²) in [5.41, 5.74) is 4.07. The fourth-order valence-corrected chi connectivity index (χ4v) is 5.20. The molecular formula is C28H28ClN9O2. The predicted molar refractivity (Wildman–Crippen MR) is 152 cm³/mol. The van der Waals surface area contributed by atoms with E-state index in [1.54, 1.807) is 47.6 Å². The zero-order chi connectivity index (χ0) is 27.9. The number of imidazole rings is 1. The maximum atomic E-state index is 13.4. The van der Waals surface area contributed by atoms with Gasteiger partial charge in [-0.25, -0.2) is 9.97 Å². The molecule has 40 heavy (non-hydrogen) atoms. The summed E-state index contributed by atoms with van der Waals surface area (Å²) in [6.07, 6.45) is 7.16. The summed E-state index contributed by atoms with van der Waals surface area (Å²) in [4.78, 5) is 25.9. The number of hydrogen-bond donors (Lipinski definition) is 3. The van der Waals surface area contributed by atoms with Gasteiger partial charge in [0, 0.05) is 40.7 Å². The van der Waals surface area contributed by atoms with Gasteiger partial charge in [0.05, 0.1) is 29.2 Å². The van der Waals surface area contributed by atoms with E-state index < -0.39 is 5.60 Å². The van der Waals surface area contributed by atoms with Gasteiger partial charge in [0.1, 0.15) is 18.0 Å². The number of rotatable bonds is 8. The van der Waals surface area contributed by atoms with E-state index in [4.69, 9.17) is 11.6 Å². The fraction of sp³-hybridized carbons (Fsp3) is 0.286. The highest BCUT2D eigenvalue weighted by atomic mass is 35.5. The van der Waals surface area contributed by atoms with E-state index in [2.05, 4.69) is 35.8 Å². The lowest BCUT2D eigenvalue weighted by Gasteiger charge is -2.17. The zero-order valence-corrected chi connectivity index (χ0v) is 22.8. The number of hydrogen-bond acceptors (Lipinski definition) is 8. The highest BCUT2D eigenvalue weighted by Crippen LogP contribution is 2.34. The summed E-state index contributed by atoms with van der Waals surface area (Å²) >= 11 is 6.31. The number of halogens is 1. The Hall–Kier alpha value is -4.35. The molecule has 204 valence electrons. The SMILES string of the molecule is CC(C)(O)CCNc1ccc(-c2cnc([C@@H]3CCc4cc(-c5cc(Cl)ccc5-n5cnnn5)cc(=O)n43)[nH]2)cn1. The average molecular weight is 558 g/mol. The van der Waals surface area contributed by atoms with Gasteiger partial charge in [-0.05, 0) is 85.5 Å². The van der Waals surface area contributed by atoms with Crippen molar-refractivity contribution >= 4 is 17.4 Å². The smallest absolute Gasteiger partial charge is 0.252 e. The lowest BCUT2D eigenvalue weighted by atomic mass is 10.0. The number of aromatic nitrogens is 8. The Kier molecular flexibility index (Phi) is 6.68. The molecule has 0 radical (unpaired) electrons. The minimum atomic E-state index is -0.727. The predicted octanol–water partition coefficient (Wildman–Crippen LogP) is 4.04. The van der Waals surface area contributed by atoms with Gasteiger partial charge in [-0.15, -0.1) is 5.10 Å². The van der Waals surface area contributed by atoms with Crippen molar-refractivity contribution in [3.8, 4) is 28.1 Å². The number of pyridine rings is 2. The third kappa shape index (κ3) is 5.25. The number of nitrogens with one attached hydrogen (secondary N) is 2. The zero-order valence-electron chi connectivity index (χ0n) is 22.0. The minimum absolute atomic E-state index is 0.112. The maximum absolute atomic E-state index is 13.4. The molecule has 0 saturated heterocycles. The van der Waals surface area contributed by atoms with Crippen molar-refractivity contribution < 1.29 is 5.11 Å². The van der Waals surface area contributed by atoms with Crippen LogP contribution in [0.1, 0.15) is 44.2 Å². The molecule has 1 aliphatic rings. The molecule has 1 atom stereocenters. The van der Waals surface area contributed by atoms with Crippen LogP contribution in [0.3, 0.4) is 0 Å². The second-order valence-corrected chi connectivity index (χ2v) is 11.0. The summed E-state index contributed by atoms with van der Waals surface area (Å²) in [5.74, 6) is 1.47. The average Bonchev–Trinajstić information content (AvgIpc) is 3.69. The van der Waals surface area contributed by atoms with Crippen LogP contribution in [0.2, 0.25) is 5.02 Å². The molecule has 1 aromatic carbocycles. The van der Waals surface area contributed by atoms with Crippen molar-refractivity contribution in [1.82, 2.24) is 39.7 Å². The first-order valence-electron chi connectivity index (χ1n) is 13.0. The quantitative estimate of drug-likeness (QED) is 0.260. The fourth-order valence-electron chi connectivity index (χ4n) is 5.03. The monoisotopic (exact) mass is 557 g/mol. The Morgan fingerprint density at radius 2 is 2.00 bits per heavy atom. The van der Waals surface area contributed by atoms with E-state index >= 15 is 0 Å². The van der Waals surface area contributed by atoms with Crippen LogP contribution in [-0.2, 0) is 6.42 Å². The highest BCUT2D eigenvalue weighted by molar-refractivity contribution is 6.31. The van der Waals surface area contributed by atoms with Crippen LogP contribution in [0.25, 0.3) is 28.1 Å². The van der Waals surface area contributed by atoms with E-state index in [1.807, 2.05) is 30.3 Å². The third-order valence-electron chi connectivity index (χ3n) is 7.03. The lowest BCUT2D eigenvalue weighted by Crippen LogP contribution is -2.23. The number of benzene rings is 1. The van der Waals surface area contributed by atoms with Gasteiger partial charge < -0.3 is 20.0 Å². The Labute approximate surface area is 234 Å². The van der Waals surface area contributed by atoms with Crippen LogP contribution in [-0.4, -0.2) is 57.0 Å². The number of anilines is 1. The van der Waals surface area contributed by atoms with Gasteiger partial charge in [-0.3, -0.25) is 4.79 Å². The van der Waals surface area contributed by atoms with Crippen molar-refractivity contribution in [2.24, 2.45) is 0 Å². The molecule has 0 spiro atoms. The first kappa shape index (κ1) is 25.9. The first-order chi connectivity index (χ1) is 19.2. The van der Waals surface area contributed by atoms with Gasteiger partial charge in [-0.1, -0.05) is 11.6 Å². The normalized spacial score (nSPS) is 14.8. The number of H-pyrrole nitrogens is 1. The highest BCUT2D eigenvalue weighted by Gasteiger charge is 2.28. The number of nitrogens with zero attached hydrogens (tertiary/aromatic N) is 7. The second-order valence-electron chi connectivity index (χ2n) is 10.5. The van der Waals surface area contributed by atoms with Gasteiger partial charge in [0.2, 0.25) is 0 Å². The van der Waals surface area contributed by atoms with Crippen LogP contribution in [0.15, 0.2) is 66.0 Å². The van der Waals surface area contributed by atoms with E-state index in [0.717, 1.165) is 58.2 Å². The van der Waals surface area contributed by atoms with Crippen LogP contribution >= 0.6 is 11.6 Å². The Balaban J connectivity index is 1.24. The van der Waals surface area contributed by atoms with Crippen molar-refractivity contribution in [3.05, 3.63) is 88.1 Å². The van der Waals surface area contributed by atoms with Gasteiger partial charge in [0.15, 0.2) is 0 Å². The van der Waals surface area contributed by atoms with Gasteiger partial charge in [-0.2, -0.15) is 4.68 Å². The van der Waals surface area contributed by atoms with Crippen molar-refractivity contribution in [2.75, 3.05) is 11.9 Å². The Morgan fingerprint density at radius 1 is 1.12 bits per heavy atom. The second kappa shape index (κ2) is 10.3. The molecule has 0 amide bonds. The van der Waals surface area contributed by atoms with E-state index in [9.17, 15) is 9.90 Å². The van der Waals surface area contributed by atoms with E-state index in [1.165, 1.54) is 6.33 Å². The van der Waals surface area contributed by atoms with Crippen molar-refractivity contribution in [2.45, 2.75) is 44.8 Å². The number of aromatic amines is 1.